The third-order valence-corrected chi connectivity index (χ3v) is 5.37. The first-order chi connectivity index (χ1) is 8.45. The maximum Gasteiger partial charge on any atom is 0.268 e. The number of aryl methyl sites for hydroxylation is 1. The fourth-order valence-electron chi connectivity index (χ4n) is 1.21. The van der Waals surface area contributed by atoms with E-state index in [1.165, 1.54) is 11.3 Å². The number of amides is 1. The smallest absolute Gasteiger partial charge is 0.268 e. The molecule has 0 aliphatic rings. The molecule has 4 nitrogen and oxygen atoms in total. The fraction of sp³-hybridized carbons (Fsp3) is 0.100. The van der Waals surface area contributed by atoms with Crippen LogP contribution >= 0.6 is 54.8 Å². The molecule has 0 bridgehead atoms. The zero-order chi connectivity index (χ0) is 13.3. The second-order valence-electron chi connectivity index (χ2n) is 3.34. The van der Waals surface area contributed by atoms with E-state index in [1.54, 1.807) is 19.1 Å². The van der Waals surface area contributed by atoms with Crippen molar-refractivity contribution in [1.82, 2.24) is 9.97 Å². The van der Waals surface area contributed by atoms with Gasteiger partial charge in [-0.05, 0) is 50.9 Å². The predicted octanol–water partition coefficient (Wildman–Crippen LogP) is 4.28. The quantitative estimate of drug-likeness (QED) is 0.751. The number of hydrogen-bond donors (Lipinski definition) is 1. The Labute approximate surface area is 129 Å². The van der Waals surface area contributed by atoms with Gasteiger partial charge in [-0.15, -0.1) is 11.3 Å². The van der Waals surface area contributed by atoms with E-state index in [9.17, 15) is 4.79 Å². The van der Waals surface area contributed by atoms with Gasteiger partial charge in [0.05, 0.1) is 8.66 Å². The van der Waals surface area contributed by atoms with Crippen LogP contribution in [0.25, 0.3) is 0 Å². The molecule has 0 aromatic carbocycles. The van der Waals surface area contributed by atoms with Gasteiger partial charge in [0.25, 0.3) is 5.91 Å². The molecule has 0 atom stereocenters. The average Bonchev–Trinajstić information content (AvgIpc) is 2.57. The molecule has 18 heavy (non-hydrogen) atoms. The van der Waals surface area contributed by atoms with Gasteiger partial charge in [-0.3, -0.25) is 10.1 Å². The summed E-state index contributed by atoms with van der Waals surface area (Å²) in [7, 11) is 0. The summed E-state index contributed by atoms with van der Waals surface area (Å²) in [4.78, 5) is 20.5. The van der Waals surface area contributed by atoms with Crippen LogP contribution in [0.15, 0.2) is 20.4 Å². The minimum absolute atomic E-state index is 0.200. The summed E-state index contributed by atoms with van der Waals surface area (Å²) in [5.41, 5.74) is 0.693. The summed E-state index contributed by atoms with van der Waals surface area (Å²) in [6.07, 6.45) is 0. The first-order valence-corrected chi connectivity index (χ1v) is 7.51. The number of halogens is 3. The number of nitrogens with one attached hydrogen (secondary N) is 1. The van der Waals surface area contributed by atoms with Crippen molar-refractivity contribution in [1.29, 1.82) is 0 Å². The molecular weight excluding hydrogens is 405 g/mol. The number of thiophene rings is 1. The van der Waals surface area contributed by atoms with Crippen molar-refractivity contribution < 1.29 is 4.79 Å². The number of aromatic nitrogens is 2. The summed E-state index contributed by atoms with van der Waals surface area (Å²) < 4.78 is 1.69. The summed E-state index contributed by atoms with van der Waals surface area (Å²) in [6, 6.07) is 3.34. The van der Waals surface area contributed by atoms with Gasteiger partial charge in [0, 0.05) is 10.2 Å². The van der Waals surface area contributed by atoms with Gasteiger partial charge in [0.1, 0.15) is 5.15 Å². The molecule has 8 heteroatoms. The topological polar surface area (TPSA) is 54.9 Å². The van der Waals surface area contributed by atoms with E-state index in [-0.39, 0.29) is 11.9 Å². The molecule has 0 spiro atoms. The Balaban J connectivity index is 2.21. The van der Waals surface area contributed by atoms with Crippen LogP contribution in [0.5, 0.6) is 0 Å². The van der Waals surface area contributed by atoms with Crippen molar-refractivity contribution >= 4 is 66.7 Å². The minimum Gasteiger partial charge on any atom is -0.290 e. The first kappa shape index (κ1) is 13.9. The molecule has 1 N–H and O–H groups in total. The monoisotopic (exact) mass is 409 g/mol. The highest BCUT2D eigenvalue weighted by molar-refractivity contribution is 9.13. The number of anilines is 1. The molecule has 0 saturated heterocycles. The third kappa shape index (κ3) is 3.28. The lowest BCUT2D eigenvalue weighted by Gasteiger charge is -2.03. The van der Waals surface area contributed by atoms with Crippen LogP contribution in [-0.2, 0) is 0 Å². The lowest BCUT2D eigenvalue weighted by Crippen LogP contribution is -2.13. The SMILES string of the molecule is Cc1cc(Cl)nc(NC(=O)c2cc(Br)c(Br)s2)n1. The molecule has 2 heterocycles. The van der Waals surface area contributed by atoms with Crippen LogP contribution in [-0.4, -0.2) is 15.9 Å². The number of rotatable bonds is 2. The standard InChI is InChI=1S/C10H6Br2ClN3OS/c1-4-2-7(13)15-10(14-4)16-9(17)6-3-5(11)8(12)18-6/h2-3H,1H3,(H,14,15,16,17). The highest BCUT2D eigenvalue weighted by Crippen LogP contribution is 2.32. The molecule has 94 valence electrons. The second-order valence-corrected chi connectivity index (χ2v) is 6.95. The molecule has 0 radical (unpaired) electrons. The maximum absolute atomic E-state index is 11.9. The molecule has 0 saturated carbocycles. The fourth-order valence-corrected chi connectivity index (χ4v) is 3.38. The van der Waals surface area contributed by atoms with Gasteiger partial charge in [-0.2, -0.15) is 0 Å². The first-order valence-electron chi connectivity index (χ1n) is 4.73. The third-order valence-electron chi connectivity index (χ3n) is 1.92. The summed E-state index contributed by atoms with van der Waals surface area (Å²) >= 11 is 13.8. The van der Waals surface area contributed by atoms with E-state index in [2.05, 4.69) is 47.1 Å². The van der Waals surface area contributed by atoms with Gasteiger partial charge in [-0.25, -0.2) is 9.97 Å². The largest absolute Gasteiger partial charge is 0.290 e. The zero-order valence-corrected chi connectivity index (χ0v) is 13.7. The van der Waals surface area contributed by atoms with E-state index >= 15 is 0 Å². The van der Waals surface area contributed by atoms with Crippen molar-refractivity contribution in [3.8, 4) is 0 Å². The molecule has 1 amide bonds. The number of hydrogen-bond acceptors (Lipinski definition) is 4. The molecule has 2 rings (SSSR count). The van der Waals surface area contributed by atoms with Crippen LogP contribution < -0.4 is 5.32 Å². The van der Waals surface area contributed by atoms with Gasteiger partial charge < -0.3 is 0 Å². The van der Waals surface area contributed by atoms with Crippen LogP contribution in [0.2, 0.25) is 5.15 Å². The molecule has 0 fully saturated rings. The van der Waals surface area contributed by atoms with Crippen molar-refractivity contribution in [3.05, 3.63) is 36.1 Å². The molecule has 2 aromatic rings. The zero-order valence-electron chi connectivity index (χ0n) is 9.00. The van der Waals surface area contributed by atoms with Crippen LogP contribution in [0.1, 0.15) is 15.4 Å². The highest BCUT2D eigenvalue weighted by atomic mass is 79.9. The molecule has 0 unspecified atom stereocenters. The summed E-state index contributed by atoms with van der Waals surface area (Å²) in [5, 5.41) is 2.90. The Morgan fingerprint density at radius 2 is 2.11 bits per heavy atom. The minimum atomic E-state index is -0.270. The normalized spacial score (nSPS) is 10.4. The van der Waals surface area contributed by atoms with Crippen molar-refractivity contribution in [2.75, 3.05) is 5.32 Å². The Morgan fingerprint density at radius 1 is 1.39 bits per heavy atom. The van der Waals surface area contributed by atoms with Gasteiger partial charge in [0.15, 0.2) is 0 Å². The van der Waals surface area contributed by atoms with Crippen molar-refractivity contribution in [3.63, 3.8) is 0 Å². The van der Waals surface area contributed by atoms with Crippen LogP contribution in [0, 0.1) is 6.92 Å². The van der Waals surface area contributed by atoms with Gasteiger partial charge in [-0.1, -0.05) is 11.6 Å². The molecule has 0 aliphatic carbocycles. The Kier molecular flexibility index (Phi) is 4.37. The van der Waals surface area contributed by atoms with Gasteiger partial charge >= 0.3 is 0 Å². The van der Waals surface area contributed by atoms with Gasteiger partial charge in [0.2, 0.25) is 5.95 Å². The Bertz CT molecular complexity index is 577. The summed E-state index contributed by atoms with van der Waals surface area (Å²) in [5.74, 6) is -0.0706. The van der Waals surface area contributed by atoms with E-state index in [0.29, 0.717) is 15.7 Å². The number of nitrogens with zero attached hydrogens (tertiary/aromatic N) is 2. The summed E-state index contributed by atoms with van der Waals surface area (Å²) in [6.45, 7) is 1.78. The van der Waals surface area contributed by atoms with E-state index in [0.717, 1.165) is 8.26 Å². The van der Waals surface area contributed by atoms with E-state index in [4.69, 9.17) is 11.6 Å². The van der Waals surface area contributed by atoms with Crippen LogP contribution in [0.4, 0.5) is 5.95 Å². The predicted molar refractivity (Wildman–Crippen MR) is 79.5 cm³/mol. The average molecular weight is 412 g/mol. The van der Waals surface area contributed by atoms with E-state index in [1.807, 2.05) is 0 Å². The number of carbonyl (C=O) groups excluding carboxylic acids is 1. The highest BCUT2D eigenvalue weighted by Gasteiger charge is 2.13. The number of carbonyl (C=O) groups is 1. The van der Waals surface area contributed by atoms with Crippen LogP contribution in [0.3, 0.4) is 0 Å². The van der Waals surface area contributed by atoms with E-state index < -0.39 is 0 Å². The Morgan fingerprint density at radius 3 is 2.67 bits per heavy atom. The van der Waals surface area contributed by atoms with Crippen molar-refractivity contribution in [2.45, 2.75) is 6.92 Å². The molecular formula is C10H6Br2ClN3OS. The molecule has 0 aliphatic heterocycles. The Hall–Kier alpha value is -0.500. The second kappa shape index (κ2) is 5.64. The lowest BCUT2D eigenvalue weighted by molar-refractivity contribution is 0.102. The van der Waals surface area contributed by atoms with Crippen molar-refractivity contribution in [2.24, 2.45) is 0 Å². The molecule has 2 aromatic heterocycles. The maximum atomic E-state index is 11.9. The lowest BCUT2D eigenvalue weighted by atomic mass is 10.4.